The second-order valence-corrected chi connectivity index (χ2v) is 5.79. The third kappa shape index (κ3) is 2.93. The lowest BCUT2D eigenvalue weighted by Gasteiger charge is -2.09. The highest BCUT2D eigenvalue weighted by Gasteiger charge is 2.18. The highest BCUT2D eigenvalue weighted by atomic mass is 79.9. The summed E-state index contributed by atoms with van der Waals surface area (Å²) in [6, 6.07) is 2.13. The van der Waals surface area contributed by atoms with Gasteiger partial charge in [0.1, 0.15) is 10.7 Å². The average molecular weight is 311 g/mol. The Morgan fingerprint density at radius 3 is 2.69 bits per heavy atom. The molecule has 0 unspecified atom stereocenters. The Balaban J connectivity index is 3.18. The first-order valence-corrected chi connectivity index (χ1v) is 6.90. The SMILES string of the molecule is CCCNS(=O)(=O)c1cc(Br)c(F)cc1N. The largest absolute Gasteiger partial charge is 0.398 e. The summed E-state index contributed by atoms with van der Waals surface area (Å²) >= 11 is 2.92. The Morgan fingerprint density at radius 1 is 1.50 bits per heavy atom. The van der Waals surface area contributed by atoms with Crippen LogP contribution >= 0.6 is 15.9 Å². The fourth-order valence-corrected chi connectivity index (χ4v) is 2.86. The van der Waals surface area contributed by atoms with Crippen molar-refractivity contribution in [3.63, 3.8) is 0 Å². The van der Waals surface area contributed by atoms with Gasteiger partial charge in [-0.25, -0.2) is 17.5 Å². The maximum Gasteiger partial charge on any atom is 0.242 e. The molecule has 7 heteroatoms. The van der Waals surface area contributed by atoms with Crippen LogP contribution in [0.25, 0.3) is 0 Å². The smallest absolute Gasteiger partial charge is 0.242 e. The standard InChI is InChI=1S/C9H12BrFN2O2S/c1-2-3-13-16(14,15)9-4-6(10)7(11)5-8(9)12/h4-5,13H,2-3,12H2,1H3. The van der Waals surface area contributed by atoms with E-state index in [1.807, 2.05) is 6.92 Å². The van der Waals surface area contributed by atoms with Crippen LogP contribution in [0.15, 0.2) is 21.5 Å². The molecule has 1 aromatic rings. The zero-order chi connectivity index (χ0) is 12.3. The Labute approximate surface area is 102 Å². The fraction of sp³-hybridized carbons (Fsp3) is 0.333. The number of nitrogen functional groups attached to an aromatic ring is 1. The molecule has 16 heavy (non-hydrogen) atoms. The van der Waals surface area contributed by atoms with Crippen LogP contribution in [0.3, 0.4) is 0 Å². The maximum absolute atomic E-state index is 13.1. The van der Waals surface area contributed by atoms with Gasteiger partial charge in [-0.15, -0.1) is 0 Å². The molecule has 1 aromatic carbocycles. The molecule has 0 spiro atoms. The van der Waals surface area contributed by atoms with E-state index in [1.54, 1.807) is 0 Å². The molecule has 0 saturated carbocycles. The molecule has 0 saturated heterocycles. The van der Waals surface area contributed by atoms with Gasteiger partial charge in [-0.2, -0.15) is 0 Å². The van der Waals surface area contributed by atoms with Crippen molar-refractivity contribution in [3.05, 3.63) is 22.4 Å². The number of nitrogens with two attached hydrogens (primary N) is 1. The second kappa shape index (κ2) is 5.11. The molecule has 90 valence electrons. The highest BCUT2D eigenvalue weighted by molar-refractivity contribution is 9.10. The minimum atomic E-state index is -3.66. The molecule has 3 N–H and O–H groups in total. The van der Waals surface area contributed by atoms with Gasteiger partial charge in [0.2, 0.25) is 10.0 Å². The summed E-state index contributed by atoms with van der Waals surface area (Å²) in [5.74, 6) is -0.591. The first-order valence-electron chi connectivity index (χ1n) is 4.62. The topological polar surface area (TPSA) is 72.2 Å². The predicted molar refractivity (Wildman–Crippen MR) is 64.0 cm³/mol. The normalized spacial score (nSPS) is 11.7. The summed E-state index contributed by atoms with van der Waals surface area (Å²) in [7, 11) is -3.66. The summed E-state index contributed by atoms with van der Waals surface area (Å²) < 4.78 is 39.0. The number of hydrogen-bond acceptors (Lipinski definition) is 3. The minimum absolute atomic E-state index is 0.0681. The minimum Gasteiger partial charge on any atom is -0.398 e. The molecule has 0 aliphatic rings. The number of sulfonamides is 1. The van der Waals surface area contributed by atoms with E-state index in [-0.39, 0.29) is 15.1 Å². The first-order chi connectivity index (χ1) is 7.38. The van der Waals surface area contributed by atoms with E-state index in [2.05, 4.69) is 20.7 Å². The molecule has 0 aliphatic carbocycles. The van der Waals surface area contributed by atoms with E-state index in [0.717, 1.165) is 12.1 Å². The third-order valence-electron chi connectivity index (χ3n) is 1.88. The average Bonchev–Trinajstić information content (AvgIpc) is 2.20. The summed E-state index contributed by atoms with van der Waals surface area (Å²) in [5, 5.41) is 0. The van der Waals surface area contributed by atoms with Crippen molar-refractivity contribution in [2.24, 2.45) is 0 Å². The van der Waals surface area contributed by atoms with Gasteiger partial charge in [-0.3, -0.25) is 0 Å². The van der Waals surface area contributed by atoms with E-state index < -0.39 is 15.8 Å². The van der Waals surface area contributed by atoms with Gasteiger partial charge in [0.15, 0.2) is 0 Å². The lowest BCUT2D eigenvalue weighted by molar-refractivity contribution is 0.580. The molecule has 0 amide bonds. The van der Waals surface area contributed by atoms with Crippen LogP contribution in [0.2, 0.25) is 0 Å². The van der Waals surface area contributed by atoms with Crippen molar-refractivity contribution < 1.29 is 12.8 Å². The molecule has 0 atom stereocenters. The Morgan fingerprint density at radius 2 is 2.12 bits per heavy atom. The number of halogens is 2. The van der Waals surface area contributed by atoms with Gasteiger partial charge < -0.3 is 5.73 Å². The van der Waals surface area contributed by atoms with Crippen LogP contribution < -0.4 is 10.5 Å². The number of nitrogens with one attached hydrogen (secondary N) is 1. The summed E-state index contributed by atoms with van der Waals surface area (Å²) in [6.07, 6.45) is 0.668. The van der Waals surface area contributed by atoms with Gasteiger partial charge >= 0.3 is 0 Å². The fourth-order valence-electron chi connectivity index (χ4n) is 1.09. The van der Waals surface area contributed by atoms with Crippen LogP contribution in [0.4, 0.5) is 10.1 Å². The molecule has 0 aliphatic heterocycles. The van der Waals surface area contributed by atoms with Crippen LogP contribution in [0.5, 0.6) is 0 Å². The Hall–Kier alpha value is -0.660. The summed E-state index contributed by atoms with van der Waals surface area (Å²) in [6.45, 7) is 2.16. The predicted octanol–water partition coefficient (Wildman–Crippen LogP) is 1.86. The van der Waals surface area contributed by atoms with Gasteiger partial charge in [0.25, 0.3) is 0 Å². The molecule has 0 heterocycles. The van der Waals surface area contributed by atoms with Crippen molar-refractivity contribution in [3.8, 4) is 0 Å². The maximum atomic E-state index is 13.1. The first kappa shape index (κ1) is 13.4. The Bertz CT molecular complexity index is 491. The lowest BCUT2D eigenvalue weighted by Crippen LogP contribution is -2.25. The van der Waals surface area contributed by atoms with Crippen LogP contribution in [0.1, 0.15) is 13.3 Å². The lowest BCUT2D eigenvalue weighted by atomic mass is 10.3. The molecular weight excluding hydrogens is 299 g/mol. The van der Waals surface area contributed by atoms with Crippen molar-refractivity contribution in [1.82, 2.24) is 4.72 Å². The van der Waals surface area contributed by atoms with Crippen molar-refractivity contribution >= 4 is 31.6 Å². The third-order valence-corrected chi connectivity index (χ3v) is 4.01. The van der Waals surface area contributed by atoms with E-state index in [9.17, 15) is 12.8 Å². The molecule has 1 rings (SSSR count). The van der Waals surface area contributed by atoms with E-state index in [0.29, 0.717) is 13.0 Å². The van der Waals surface area contributed by atoms with Gasteiger partial charge in [0.05, 0.1) is 10.2 Å². The van der Waals surface area contributed by atoms with Gasteiger partial charge in [-0.1, -0.05) is 6.92 Å². The highest BCUT2D eigenvalue weighted by Crippen LogP contribution is 2.25. The zero-order valence-electron chi connectivity index (χ0n) is 8.63. The monoisotopic (exact) mass is 310 g/mol. The van der Waals surface area contributed by atoms with E-state index >= 15 is 0 Å². The molecule has 0 bridgehead atoms. The molecule has 4 nitrogen and oxygen atoms in total. The summed E-state index contributed by atoms with van der Waals surface area (Å²) in [4.78, 5) is -0.116. The van der Waals surface area contributed by atoms with Gasteiger partial charge in [-0.05, 0) is 34.5 Å². The molecule has 0 radical (unpaired) electrons. The number of hydrogen-bond donors (Lipinski definition) is 2. The van der Waals surface area contributed by atoms with Crippen LogP contribution in [0, 0.1) is 5.82 Å². The van der Waals surface area contributed by atoms with Crippen LogP contribution in [-0.2, 0) is 10.0 Å². The summed E-state index contributed by atoms with van der Waals surface area (Å²) in [5.41, 5.74) is 5.36. The van der Waals surface area contributed by atoms with Crippen molar-refractivity contribution in [1.29, 1.82) is 0 Å². The van der Waals surface area contributed by atoms with Crippen molar-refractivity contribution in [2.45, 2.75) is 18.2 Å². The number of benzene rings is 1. The zero-order valence-corrected chi connectivity index (χ0v) is 11.0. The van der Waals surface area contributed by atoms with E-state index in [1.165, 1.54) is 0 Å². The number of rotatable bonds is 4. The molecular formula is C9H12BrFN2O2S. The second-order valence-electron chi connectivity index (χ2n) is 3.20. The van der Waals surface area contributed by atoms with Crippen molar-refractivity contribution in [2.75, 3.05) is 12.3 Å². The Kier molecular flexibility index (Phi) is 4.28. The molecule has 0 fully saturated rings. The van der Waals surface area contributed by atoms with Gasteiger partial charge in [0, 0.05) is 6.54 Å². The van der Waals surface area contributed by atoms with Crippen LogP contribution in [-0.4, -0.2) is 15.0 Å². The number of anilines is 1. The quantitative estimate of drug-likeness (QED) is 0.834. The van der Waals surface area contributed by atoms with E-state index in [4.69, 9.17) is 5.73 Å². The molecule has 0 aromatic heterocycles.